The van der Waals surface area contributed by atoms with Gasteiger partial charge in [0.15, 0.2) is 12.6 Å². The summed E-state index contributed by atoms with van der Waals surface area (Å²) >= 11 is 0. The van der Waals surface area contributed by atoms with Gasteiger partial charge in [0.1, 0.15) is 55.4 Å². The lowest BCUT2D eigenvalue weighted by Gasteiger charge is -2.46. The van der Waals surface area contributed by atoms with Gasteiger partial charge in [-0.25, -0.2) is 0 Å². The highest BCUT2D eigenvalue weighted by molar-refractivity contribution is 5.69. The molecule has 4 fully saturated rings. The summed E-state index contributed by atoms with van der Waals surface area (Å²) in [7, 11) is 0. The highest BCUT2D eigenvalue weighted by Gasteiger charge is 2.51. The monoisotopic (exact) mass is 564 g/mol. The third-order valence-corrected chi connectivity index (χ3v) is 7.75. The summed E-state index contributed by atoms with van der Waals surface area (Å²) in [5, 5.41) is 62.4. The normalized spacial score (nSPS) is 41.5. The second kappa shape index (κ2) is 17.1. The van der Waals surface area contributed by atoms with E-state index in [0.717, 1.165) is 44.9 Å². The number of rotatable bonds is 1. The van der Waals surface area contributed by atoms with E-state index in [1.165, 1.54) is 25.7 Å². The SMILES string of the molecule is O=C1CCCCCCCCCCCCCCO[C@@H]2O[C@H](CO)[C@@H](O[C@H]3O[C@H](CO1)[C@@H](O)[C@H](O)[C@H]3O)[C@H](O)[C@H]2O. The fourth-order valence-electron chi connectivity index (χ4n) is 5.27. The molecule has 0 unspecified atom stereocenters. The molecule has 0 aromatic rings. The van der Waals surface area contributed by atoms with Crippen molar-refractivity contribution in [2.24, 2.45) is 0 Å². The molecule has 12 heteroatoms. The number of carbonyl (C=O) groups is 1. The topological polar surface area (TPSA) is 185 Å². The predicted molar refractivity (Wildman–Crippen MR) is 136 cm³/mol. The van der Waals surface area contributed by atoms with Gasteiger partial charge in [-0.1, -0.05) is 64.2 Å². The van der Waals surface area contributed by atoms with Gasteiger partial charge in [0.2, 0.25) is 0 Å². The van der Waals surface area contributed by atoms with E-state index in [-0.39, 0.29) is 13.0 Å². The summed E-state index contributed by atoms with van der Waals surface area (Å²) in [6.45, 7) is -0.661. The van der Waals surface area contributed by atoms with Crippen molar-refractivity contribution in [3.63, 3.8) is 0 Å². The maximum absolute atomic E-state index is 12.2. The molecule has 0 saturated carbocycles. The molecule has 0 aromatic carbocycles. The summed E-state index contributed by atoms with van der Waals surface area (Å²) in [6, 6.07) is 0. The quantitative estimate of drug-likeness (QED) is 0.239. The number of aliphatic hydroxyl groups excluding tert-OH is 6. The van der Waals surface area contributed by atoms with E-state index in [0.29, 0.717) is 13.0 Å². The van der Waals surface area contributed by atoms with Crippen LogP contribution in [0.2, 0.25) is 0 Å². The van der Waals surface area contributed by atoms with Crippen molar-refractivity contribution in [1.82, 2.24) is 0 Å². The average Bonchev–Trinajstić information content (AvgIpc) is 2.93. The van der Waals surface area contributed by atoms with Gasteiger partial charge in [-0.15, -0.1) is 0 Å². The van der Waals surface area contributed by atoms with Gasteiger partial charge in [-0.05, 0) is 12.8 Å². The van der Waals surface area contributed by atoms with Crippen LogP contribution in [-0.2, 0) is 28.5 Å². The maximum atomic E-state index is 12.2. The van der Waals surface area contributed by atoms with Crippen LogP contribution in [-0.4, -0.2) is 118 Å². The Morgan fingerprint density at radius 1 is 0.615 bits per heavy atom. The summed E-state index contributed by atoms with van der Waals surface area (Å²) in [6.07, 6.45) is -1.78. The molecule has 0 aromatic heterocycles. The summed E-state index contributed by atoms with van der Waals surface area (Å²) < 4.78 is 27.8. The Hall–Kier alpha value is -0.930. The average molecular weight is 565 g/mol. The highest BCUT2D eigenvalue weighted by Crippen LogP contribution is 2.30. The Morgan fingerprint density at radius 3 is 1.79 bits per heavy atom. The molecule has 228 valence electrons. The summed E-state index contributed by atoms with van der Waals surface area (Å²) in [5.41, 5.74) is 0. The van der Waals surface area contributed by atoms with Crippen molar-refractivity contribution in [3.05, 3.63) is 0 Å². The Morgan fingerprint density at radius 2 is 1.18 bits per heavy atom. The molecule has 0 amide bonds. The second-order valence-electron chi connectivity index (χ2n) is 10.9. The molecule has 4 rings (SSSR count). The van der Waals surface area contributed by atoms with Gasteiger partial charge in [0, 0.05) is 13.0 Å². The first-order chi connectivity index (χ1) is 18.8. The zero-order valence-electron chi connectivity index (χ0n) is 22.7. The first-order valence-corrected chi connectivity index (χ1v) is 14.6. The summed E-state index contributed by atoms with van der Waals surface area (Å²) in [5.74, 6) is -0.462. The van der Waals surface area contributed by atoms with E-state index >= 15 is 0 Å². The minimum absolute atomic E-state index is 0.221. The van der Waals surface area contributed by atoms with Crippen LogP contribution < -0.4 is 0 Å². The second-order valence-corrected chi connectivity index (χ2v) is 10.9. The number of esters is 1. The molecule has 4 saturated heterocycles. The van der Waals surface area contributed by atoms with E-state index in [2.05, 4.69) is 0 Å². The van der Waals surface area contributed by atoms with Crippen LogP contribution in [0.3, 0.4) is 0 Å². The fraction of sp³-hybridized carbons (Fsp3) is 0.963. The Bertz CT molecular complexity index is 694. The molecule has 4 heterocycles. The smallest absolute Gasteiger partial charge is 0.305 e. The summed E-state index contributed by atoms with van der Waals surface area (Å²) in [4.78, 5) is 12.2. The van der Waals surface area contributed by atoms with Gasteiger partial charge in [-0.2, -0.15) is 0 Å². The number of hydrogen-bond acceptors (Lipinski definition) is 12. The molecule has 0 spiro atoms. The van der Waals surface area contributed by atoms with E-state index in [4.69, 9.17) is 23.7 Å². The van der Waals surface area contributed by atoms with Crippen LogP contribution in [0, 0.1) is 0 Å². The molecular weight excluding hydrogens is 516 g/mol. The molecule has 6 N–H and O–H groups in total. The van der Waals surface area contributed by atoms with Crippen LogP contribution in [0.4, 0.5) is 0 Å². The number of fused-ring (bicyclic) bond motifs is 19. The predicted octanol–water partition coefficient (Wildman–Crippen LogP) is 0.263. The molecule has 4 bridgehead atoms. The van der Waals surface area contributed by atoms with Crippen molar-refractivity contribution in [3.8, 4) is 0 Å². The Labute approximate surface area is 230 Å². The van der Waals surface area contributed by atoms with Gasteiger partial charge in [-0.3, -0.25) is 4.79 Å². The van der Waals surface area contributed by atoms with Crippen LogP contribution in [0.15, 0.2) is 0 Å². The van der Waals surface area contributed by atoms with Crippen molar-refractivity contribution in [2.45, 2.75) is 145 Å². The van der Waals surface area contributed by atoms with Crippen molar-refractivity contribution in [2.75, 3.05) is 19.8 Å². The number of ether oxygens (including phenoxy) is 5. The van der Waals surface area contributed by atoms with Crippen LogP contribution in [0.1, 0.15) is 83.5 Å². The lowest BCUT2D eigenvalue weighted by Crippen LogP contribution is -2.64. The number of aliphatic hydroxyl groups is 6. The lowest BCUT2D eigenvalue weighted by atomic mass is 9.97. The molecule has 10 atom stereocenters. The molecule has 4 aliphatic rings. The Kier molecular flexibility index (Phi) is 14.3. The lowest BCUT2D eigenvalue weighted by molar-refractivity contribution is -0.359. The van der Waals surface area contributed by atoms with Gasteiger partial charge in [0.05, 0.1) is 6.61 Å². The fourth-order valence-corrected chi connectivity index (χ4v) is 5.27. The zero-order chi connectivity index (χ0) is 28.2. The number of carbonyl (C=O) groups excluding carboxylic acids is 1. The molecule has 0 radical (unpaired) electrons. The van der Waals surface area contributed by atoms with Crippen molar-refractivity contribution < 1.29 is 59.1 Å². The molecular formula is C27H48O12. The van der Waals surface area contributed by atoms with Gasteiger partial charge in [0.25, 0.3) is 0 Å². The molecule has 4 aliphatic heterocycles. The van der Waals surface area contributed by atoms with Gasteiger partial charge < -0.3 is 54.3 Å². The maximum Gasteiger partial charge on any atom is 0.305 e. The third kappa shape index (κ3) is 9.84. The minimum Gasteiger partial charge on any atom is -0.463 e. The standard InChI is InChI=1S/C27H48O12/c28-15-17-25-22(32)24(34)26(37-17)35-14-12-10-8-6-4-2-1-3-5-7-9-11-13-19(29)36-16-18-20(30)21(31)23(33)27(38-18)39-25/h17-18,20-28,30-34H,1-16H2/t17-,18-,20-,21+,22-,23-,24-,25-,26-,27-/m1/s1. The first kappa shape index (κ1) is 32.6. The van der Waals surface area contributed by atoms with Crippen molar-refractivity contribution in [1.29, 1.82) is 0 Å². The van der Waals surface area contributed by atoms with Crippen LogP contribution in [0.5, 0.6) is 0 Å². The first-order valence-electron chi connectivity index (χ1n) is 14.6. The molecule has 0 aliphatic carbocycles. The van der Waals surface area contributed by atoms with E-state index < -0.39 is 74.0 Å². The van der Waals surface area contributed by atoms with Gasteiger partial charge >= 0.3 is 5.97 Å². The highest BCUT2D eigenvalue weighted by atomic mass is 16.7. The number of hydrogen-bond donors (Lipinski definition) is 6. The third-order valence-electron chi connectivity index (χ3n) is 7.75. The zero-order valence-corrected chi connectivity index (χ0v) is 22.7. The van der Waals surface area contributed by atoms with E-state index in [1.54, 1.807) is 0 Å². The van der Waals surface area contributed by atoms with Crippen LogP contribution >= 0.6 is 0 Å². The minimum atomic E-state index is -1.73. The van der Waals surface area contributed by atoms with E-state index in [1.807, 2.05) is 0 Å². The van der Waals surface area contributed by atoms with Crippen molar-refractivity contribution >= 4 is 5.97 Å². The van der Waals surface area contributed by atoms with E-state index in [9.17, 15) is 35.4 Å². The van der Waals surface area contributed by atoms with Crippen LogP contribution in [0.25, 0.3) is 0 Å². The largest absolute Gasteiger partial charge is 0.463 e. The Balaban J connectivity index is 1.63. The molecule has 12 nitrogen and oxygen atoms in total. The molecule has 39 heavy (non-hydrogen) atoms.